The first-order chi connectivity index (χ1) is 12.0. The number of hydrogen-bond acceptors (Lipinski definition) is 3. The molecule has 0 aromatic heterocycles. The second-order valence-corrected chi connectivity index (χ2v) is 7.61. The molecule has 6 heteroatoms. The van der Waals surface area contributed by atoms with Gasteiger partial charge in [0.25, 0.3) is 5.91 Å². The van der Waals surface area contributed by atoms with E-state index in [0.29, 0.717) is 23.1 Å². The van der Waals surface area contributed by atoms with Crippen LogP contribution in [0.15, 0.2) is 24.3 Å². The SMILES string of the molecule is CC(NC(=O)c1ccc(NC(=O)C2C3C4CCC(C4)C23)cc1)C(=O)O. The number of aliphatic carboxylic acids is 1. The van der Waals surface area contributed by atoms with Gasteiger partial charge in [-0.2, -0.15) is 0 Å². The fourth-order valence-electron chi connectivity index (χ4n) is 4.95. The molecular weight excluding hydrogens is 320 g/mol. The Morgan fingerprint density at radius 2 is 1.68 bits per heavy atom. The highest BCUT2D eigenvalue weighted by molar-refractivity contribution is 5.98. The molecule has 4 rings (SSSR count). The van der Waals surface area contributed by atoms with Gasteiger partial charge in [-0.15, -0.1) is 0 Å². The quantitative estimate of drug-likeness (QED) is 0.764. The van der Waals surface area contributed by atoms with Crippen molar-refractivity contribution < 1.29 is 19.5 Å². The number of carboxylic acid groups (broad SMARTS) is 1. The van der Waals surface area contributed by atoms with Crippen LogP contribution < -0.4 is 10.6 Å². The molecule has 132 valence electrons. The average Bonchev–Trinajstić information content (AvgIpc) is 3.03. The molecule has 3 N–H and O–H groups in total. The summed E-state index contributed by atoms with van der Waals surface area (Å²) in [5, 5.41) is 14.2. The molecule has 2 amide bonds. The van der Waals surface area contributed by atoms with Crippen molar-refractivity contribution in [2.75, 3.05) is 5.32 Å². The van der Waals surface area contributed by atoms with Gasteiger partial charge in [-0.25, -0.2) is 0 Å². The Kier molecular flexibility index (Phi) is 3.78. The summed E-state index contributed by atoms with van der Waals surface area (Å²) in [5.74, 6) is 1.46. The van der Waals surface area contributed by atoms with Gasteiger partial charge < -0.3 is 15.7 Å². The van der Waals surface area contributed by atoms with Crippen LogP contribution in [0.3, 0.4) is 0 Å². The second-order valence-electron chi connectivity index (χ2n) is 7.61. The van der Waals surface area contributed by atoms with Crippen LogP contribution in [0.4, 0.5) is 5.69 Å². The van der Waals surface area contributed by atoms with Crippen molar-refractivity contribution in [3.8, 4) is 0 Å². The number of rotatable bonds is 5. The van der Waals surface area contributed by atoms with Gasteiger partial charge in [-0.1, -0.05) is 0 Å². The predicted octanol–water partition coefficient (Wildman–Crippen LogP) is 2.12. The second kappa shape index (κ2) is 5.86. The van der Waals surface area contributed by atoms with Crippen LogP contribution in [0, 0.1) is 29.6 Å². The first-order valence-corrected chi connectivity index (χ1v) is 8.90. The van der Waals surface area contributed by atoms with E-state index in [9.17, 15) is 14.4 Å². The number of carboxylic acids is 1. The smallest absolute Gasteiger partial charge is 0.325 e. The lowest BCUT2D eigenvalue weighted by atomic mass is 10.0. The van der Waals surface area contributed by atoms with Gasteiger partial charge in [0.1, 0.15) is 6.04 Å². The van der Waals surface area contributed by atoms with Gasteiger partial charge in [-0.3, -0.25) is 14.4 Å². The maximum atomic E-state index is 12.5. The Bertz CT molecular complexity index is 713. The zero-order valence-electron chi connectivity index (χ0n) is 14.1. The monoisotopic (exact) mass is 342 g/mol. The number of carbonyl (C=O) groups excluding carboxylic acids is 2. The summed E-state index contributed by atoms with van der Waals surface area (Å²) in [5.41, 5.74) is 1.04. The fraction of sp³-hybridized carbons (Fsp3) is 0.526. The predicted molar refractivity (Wildman–Crippen MR) is 90.9 cm³/mol. The molecule has 3 aliphatic rings. The number of nitrogens with one attached hydrogen (secondary N) is 2. The van der Waals surface area contributed by atoms with Crippen LogP contribution >= 0.6 is 0 Å². The van der Waals surface area contributed by atoms with E-state index in [1.54, 1.807) is 24.3 Å². The minimum atomic E-state index is -1.08. The van der Waals surface area contributed by atoms with E-state index in [2.05, 4.69) is 10.6 Å². The molecule has 0 spiro atoms. The molecule has 0 radical (unpaired) electrons. The summed E-state index contributed by atoms with van der Waals surface area (Å²) in [7, 11) is 0. The van der Waals surface area contributed by atoms with Gasteiger partial charge >= 0.3 is 5.97 Å². The third-order valence-electron chi connectivity index (χ3n) is 6.17. The molecule has 1 aromatic carbocycles. The van der Waals surface area contributed by atoms with Crippen molar-refractivity contribution in [2.24, 2.45) is 29.6 Å². The highest BCUT2D eigenvalue weighted by atomic mass is 16.4. The molecule has 3 saturated carbocycles. The Labute approximate surface area is 146 Å². The molecule has 6 nitrogen and oxygen atoms in total. The van der Waals surface area contributed by atoms with E-state index in [1.807, 2.05) is 0 Å². The molecule has 0 saturated heterocycles. The molecule has 3 fully saturated rings. The lowest BCUT2D eigenvalue weighted by molar-refractivity contribution is -0.138. The van der Waals surface area contributed by atoms with Crippen molar-refractivity contribution in [2.45, 2.75) is 32.2 Å². The molecule has 5 atom stereocenters. The van der Waals surface area contributed by atoms with Crippen LogP contribution in [-0.2, 0) is 9.59 Å². The van der Waals surface area contributed by atoms with E-state index in [0.717, 1.165) is 11.8 Å². The maximum absolute atomic E-state index is 12.5. The maximum Gasteiger partial charge on any atom is 0.325 e. The van der Waals surface area contributed by atoms with Gasteiger partial charge in [0.15, 0.2) is 0 Å². The third kappa shape index (κ3) is 2.79. The number of amides is 2. The highest BCUT2D eigenvalue weighted by Crippen LogP contribution is 2.69. The van der Waals surface area contributed by atoms with Gasteiger partial charge in [-0.05, 0) is 74.1 Å². The number of carbonyl (C=O) groups is 3. The number of hydrogen-bond donors (Lipinski definition) is 3. The summed E-state index contributed by atoms with van der Waals surface area (Å²) in [4.78, 5) is 35.2. The summed E-state index contributed by atoms with van der Waals surface area (Å²) >= 11 is 0. The number of anilines is 1. The molecule has 3 aliphatic carbocycles. The summed E-state index contributed by atoms with van der Waals surface area (Å²) in [6.07, 6.45) is 3.89. The standard InChI is InChI=1S/C19H22N2O4/c1-9(19(24)25)20-17(22)10-4-6-13(7-5-10)21-18(23)16-14-11-2-3-12(8-11)15(14)16/h4-7,9,11-12,14-16H,2-3,8H2,1H3,(H,20,22)(H,21,23)(H,24,25). The van der Waals surface area contributed by atoms with Crippen LogP contribution in [0.1, 0.15) is 36.5 Å². The van der Waals surface area contributed by atoms with E-state index in [-0.39, 0.29) is 11.8 Å². The summed E-state index contributed by atoms with van der Waals surface area (Å²) < 4.78 is 0. The van der Waals surface area contributed by atoms with E-state index < -0.39 is 17.9 Å². The number of benzene rings is 1. The molecule has 1 aromatic rings. The molecule has 0 aliphatic heterocycles. The summed E-state index contributed by atoms with van der Waals surface area (Å²) in [6.45, 7) is 1.41. The van der Waals surface area contributed by atoms with Gasteiger partial charge in [0, 0.05) is 17.2 Å². The minimum absolute atomic E-state index is 0.100. The highest BCUT2D eigenvalue weighted by Gasteiger charge is 2.67. The Morgan fingerprint density at radius 1 is 1.08 bits per heavy atom. The van der Waals surface area contributed by atoms with Crippen molar-refractivity contribution >= 4 is 23.5 Å². The molecule has 5 unspecified atom stereocenters. The van der Waals surface area contributed by atoms with Crippen molar-refractivity contribution in [3.05, 3.63) is 29.8 Å². The first-order valence-electron chi connectivity index (χ1n) is 8.90. The van der Waals surface area contributed by atoms with E-state index in [4.69, 9.17) is 5.11 Å². The van der Waals surface area contributed by atoms with Crippen molar-refractivity contribution in [1.29, 1.82) is 0 Å². The lowest BCUT2D eigenvalue weighted by Crippen LogP contribution is -2.38. The molecule has 25 heavy (non-hydrogen) atoms. The Morgan fingerprint density at radius 3 is 2.24 bits per heavy atom. The van der Waals surface area contributed by atoms with Crippen LogP contribution in [0.25, 0.3) is 0 Å². The van der Waals surface area contributed by atoms with E-state index in [1.165, 1.54) is 26.2 Å². The number of fused-ring (bicyclic) bond motifs is 5. The Balaban J connectivity index is 1.34. The zero-order valence-corrected chi connectivity index (χ0v) is 14.1. The topological polar surface area (TPSA) is 95.5 Å². The average molecular weight is 342 g/mol. The third-order valence-corrected chi connectivity index (χ3v) is 6.17. The van der Waals surface area contributed by atoms with E-state index >= 15 is 0 Å². The van der Waals surface area contributed by atoms with Crippen molar-refractivity contribution in [3.63, 3.8) is 0 Å². The summed E-state index contributed by atoms with van der Waals surface area (Å²) in [6, 6.07) is 5.61. The minimum Gasteiger partial charge on any atom is -0.480 e. The molecular formula is C19H22N2O4. The Hall–Kier alpha value is -2.37. The lowest BCUT2D eigenvalue weighted by Gasteiger charge is -2.11. The fourth-order valence-corrected chi connectivity index (χ4v) is 4.95. The molecule has 2 bridgehead atoms. The van der Waals surface area contributed by atoms with Crippen LogP contribution in [-0.4, -0.2) is 28.9 Å². The normalized spacial score (nSPS) is 32.6. The van der Waals surface area contributed by atoms with Crippen LogP contribution in [0.2, 0.25) is 0 Å². The van der Waals surface area contributed by atoms with Gasteiger partial charge in [0.05, 0.1) is 0 Å². The van der Waals surface area contributed by atoms with Crippen molar-refractivity contribution in [1.82, 2.24) is 5.32 Å². The molecule has 0 heterocycles. The van der Waals surface area contributed by atoms with Crippen LogP contribution in [0.5, 0.6) is 0 Å². The zero-order chi connectivity index (χ0) is 17.7. The largest absolute Gasteiger partial charge is 0.480 e. The first kappa shape index (κ1) is 16.1. The van der Waals surface area contributed by atoms with Gasteiger partial charge in [0.2, 0.25) is 5.91 Å².